The Bertz CT molecular complexity index is 754. The normalized spacial score (nSPS) is 13.2. The van der Waals surface area contributed by atoms with Crippen LogP contribution >= 0.6 is 23.3 Å². The lowest BCUT2D eigenvalue weighted by Crippen LogP contribution is -2.24. The zero-order valence-electron chi connectivity index (χ0n) is 14.8. The Labute approximate surface area is 161 Å². The van der Waals surface area contributed by atoms with Crippen LogP contribution in [0.4, 0.5) is 5.13 Å². The van der Waals surface area contributed by atoms with Gasteiger partial charge in [-0.2, -0.15) is 0 Å². The summed E-state index contributed by atoms with van der Waals surface area (Å²) in [5.74, 6) is -0.222. The molecule has 3 heterocycles. The average Bonchev–Trinajstić information content (AvgIpc) is 3.36. The number of aldehydes is 1. The van der Waals surface area contributed by atoms with Crippen LogP contribution in [-0.2, 0) is 4.79 Å². The molecule has 0 spiro atoms. The Kier molecular flexibility index (Phi) is 8.39. The van der Waals surface area contributed by atoms with Gasteiger partial charge < -0.3 is 20.7 Å². The second kappa shape index (κ2) is 10.8. The third-order valence-corrected chi connectivity index (χ3v) is 5.07. The molecule has 7 nitrogen and oxygen atoms in total. The molecule has 26 heavy (non-hydrogen) atoms. The largest absolute Gasteiger partial charge is 0.365 e. The van der Waals surface area contributed by atoms with Gasteiger partial charge in [0.1, 0.15) is 6.29 Å². The van der Waals surface area contributed by atoms with Gasteiger partial charge in [0.2, 0.25) is 0 Å². The summed E-state index contributed by atoms with van der Waals surface area (Å²) in [6.07, 6.45) is 9.45. The van der Waals surface area contributed by atoms with Gasteiger partial charge in [0.05, 0.1) is 17.8 Å². The van der Waals surface area contributed by atoms with E-state index in [2.05, 4.69) is 32.4 Å². The van der Waals surface area contributed by atoms with Crippen molar-refractivity contribution >= 4 is 46.2 Å². The lowest BCUT2D eigenvalue weighted by molar-refractivity contribution is -0.107. The quantitative estimate of drug-likeness (QED) is 0.652. The highest BCUT2D eigenvalue weighted by molar-refractivity contribution is 7.97. The number of hydrogen-bond donors (Lipinski definition) is 3. The molecule has 3 rings (SSSR count). The van der Waals surface area contributed by atoms with Gasteiger partial charge in [0, 0.05) is 37.6 Å². The predicted octanol–water partition coefficient (Wildman–Crippen LogP) is 2.10. The second-order valence-electron chi connectivity index (χ2n) is 5.30. The van der Waals surface area contributed by atoms with Crippen molar-refractivity contribution in [3.8, 4) is 0 Å². The number of thiazole rings is 1. The molecule has 0 radical (unpaired) electrons. The van der Waals surface area contributed by atoms with Crippen LogP contribution in [0.1, 0.15) is 22.5 Å². The van der Waals surface area contributed by atoms with Crippen molar-refractivity contribution in [2.45, 2.75) is 6.42 Å². The van der Waals surface area contributed by atoms with Crippen molar-refractivity contribution in [2.24, 2.45) is 0 Å². The van der Waals surface area contributed by atoms with Gasteiger partial charge in [-0.15, -0.1) is 11.3 Å². The Morgan fingerprint density at radius 2 is 2.38 bits per heavy atom. The number of hydrogen-bond acceptors (Lipinski definition) is 7. The van der Waals surface area contributed by atoms with Gasteiger partial charge in [-0.05, 0) is 36.6 Å². The Balaban J connectivity index is 0.000000187. The van der Waals surface area contributed by atoms with Crippen molar-refractivity contribution in [2.75, 3.05) is 38.3 Å². The number of nitrogens with one attached hydrogen (secondary N) is 3. The lowest BCUT2D eigenvalue weighted by atomic mass is 10.1. The van der Waals surface area contributed by atoms with Crippen molar-refractivity contribution in [1.82, 2.24) is 19.6 Å². The van der Waals surface area contributed by atoms with Crippen molar-refractivity contribution < 1.29 is 9.59 Å². The van der Waals surface area contributed by atoms with Crippen LogP contribution in [-0.4, -0.2) is 54.1 Å². The van der Waals surface area contributed by atoms with E-state index in [1.54, 1.807) is 29.8 Å². The maximum absolute atomic E-state index is 11.2. The van der Waals surface area contributed by atoms with Gasteiger partial charge in [-0.3, -0.25) is 8.77 Å². The smallest absolute Gasteiger partial charge is 0.253 e. The fraction of sp³-hybridized carbons (Fsp3) is 0.353. The molecule has 0 saturated heterocycles. The van der Waals surface area contributed by atoms with E-state index in [9.17, 15) is 9.59 Å². The highest BCUT2D eigenvalue weighted by atomic mass is 32.2. The highest BCUT2D eigenvalue weighted by Gasteiger charge is 2.08. The standard InChI is InChI=1S/C9H13N3S.C8H10N2O2S/c1-10-9-12-8(6-13-9)7-3-2-4-11-5-7;1-13-10-4-2-7(6-10)8(12)9-3-5-11/h3,6,11H,2,4-5H2,1H3,(H,10,12);2,4-6H,3H2,1H3,(H,9,12). The van der Waals surface area contributed by atoms with Gasteiger partial charge in [0.15, 0.2) is 5.13 Å². The fourth-order valence-electron chi connectivity index (χ4n) is 2.24. The number of nitrogens with zero attached hydrogens (tertiary/aromatic N) is 2. The third-order valence-electron chi connectivity index (χ3n) is 3.56. The first-order chi connectivity index (χ1) is 12.7. The summed E-state index contributed by atoms with van der Waals surface area (Å²) < 4.78 is 1.82. The molecule has 1 amide bonds. The summed E-state index contributed by atoms with van der Waals surface area (Å²) in [7, 11) is 1.90. The van der Waals surface area contributed by atoms with E-state index in [0.717, 1.165) is 30.3 Å². The van der Waals surface area contributed by atoms with E-state index in [4.69, 9.17) is 0 Å². The van der Waals surface area contributed by atoms with Gasteiger partial charge in [-0.25, -0.2) is 4.98 Å². The van der Waals surface area contributed by atoms with Gasteiger partial charge in [0.25, 0.3) is 5.91 Å². The Hall–Kier alpha value is -2.10. The summed E-state index contributed by atoms with van der Waals surface area (Å²) in [6.45, 7) is 2.10. The molecule has 0 aliphatic carbocycles. The number of anilines is 1. The maximum atomic E-state index is 11.2. The van der Waals surface area contributed by atoms with Crippen molar-refractivity contribution in [3.63, 3.8) is 0 Å². The highest BCUT2D eigenvalue weighted by Crippen LogP contribution is 2.22. The first-order valence-electron chi connectivity index (χ1n) is 8.15. The van der Waals surface area contributed by atoms with Gasteiger partial charge >= 0.3 is 0 Å². The zero-order valence-corrected chi connectivity index (χ0v) is 16.5. The van der Waals surface area contributed by atoms with Crippen LogP contribution in [0.2, 0.25) is 0 Å². The van der Waals surface area contributed by atoms with E-state index in [0.29, 0.717) is 11.8 Å². The van der Waals surface area contributed by atoms with E-state index in [1.807, 2.05) is 17.3 Å². The fourth-order valence-corrected chi connectivity index (χ4v) is 3.33. The topological polar surface area (TPSA) is 88.1 Å². The summed E-state index contributed by atoms with van der Waals surface area (Å²) >= 11 is 3.15. The third kappa shape index (κ3) is 6.01. The van der Waals surface area contributed by atoms with Gasteiger partial charge in [-0.1, -0.05) is 6.08 Å². The molecular weight excluding hydrogens is 370 g/mol. The van der Waals surface area contributed by atoms with Crippen LogP contribution in [0.3, 0.4) is 0 Å². The first kappa shape index (κ1) is 20.2. The number of aromatic nitrogens is 2. The Morgan fingerprint density at radius 3 is 2.96 bits per heavy atom. The molecule has 2 aromatic rings. The minimum atomic E-state index is -0.222. The van der Waals surface area contributed by atoms with Crippen LogP contribution in [0.15, 0.2) is 29.9 Å². The van der Waals surface area contributed by atoms with Crippen molar-refractivity contribution in [1.29, 1.82) is 0 Å². The van der Waals surface area contributed by atoms with Crippen LogP contribution in [0.25, 0.3) is 5.57 Å². The molecule has 1 aliphatic rings. The molecule has 0 unspecified atom stereocenters. The summed E-state index contributed by atoms with van der Waals surface area (Å²) in [4.78, 5) is 25.7. The number of amides is 1. The van der Waals surface area contributed by atoms with E-state index >= 15 is 0 Å². The first-order valence-corrected chi connectivity index (χ1v) is 10.2. The lowest BCUT2D eigenvalue weighted by Gasteiger charge is -2.11. The zero-order chi connectivity index (χ0) is 18.8. The summed E-state index contributed by atoms with van der Waals surface area (Å²) in [5, 5.41) is 11.9. The molecule has 0 saturated carbocycles. The van der Waals surface area contributed by atoms with E-state index in [1.165, 1.54) is 17.5 Å². The predicted molar refractivity (Wildman–Crippen MR) is 109 cm³/mol. The van der Waals surface area contributed by atoms with Crippen LogP contribution < -0.4 is 16.0 Å². The molecule has 0 fully saturated rings. The molecule has 0 bridgehead atoms. The minimum absolute atomic E-state index is 0.0588. The molecule has 9 heteroatoms. The molecule has 0 aromatic carbocycles. The minimum Gasteiger partial charge on any atom is -0.365 e. The molecule has 140 valence electrons. The van der Waals surface area contributed by atoms with Crippen LogP contribution in [0.5, 0.6) is 0 Å². The number of carbonyl (C=O) groups is 2. The number of carbonyl (C=O) groups excluding carboxylic acids is 2. The second-order valence-corrected chi connectivity index (χ2v) is 6.95. The van der Waals surface area contributed by atoms with Crippen molar-refractivity contribution in [3.05, 3.63) is 41.2 Å². The number of rotatable bonds is 6. The monoisotopic (exact) mass is 393 g/mol. The molecule has 2 aromatic heterocycles. The molecule has 1 aliphatic heterocycles. The van der Waals surface area contributed by atoms with E-state index in [-0.39, 0.29) is 12.5 Å². The summed E-state index contributed by atoms with van der Waals surface area (Å²) in [6, 6.07) is 1.70. The van der Waals surface area contributed by atoms with Crippen LogP contribution in [0, 0.1) is 0 Å². The SMILES string of the molecule is CNc1nc(C2=CCCNC2)cs1.CSn1ccc(C(=O)NCC=O)c1. The summed E-state index contributed by atoms with van der Waals surface area (Å²) in [5.41, 5.74) is 3.00. The average molecular weight is 394 g/mol. The molecular formula is C17H23N5O2S2. The molecule has 3 N–H and O–H groups in total. The molecule has 0 atom stereocenters. The Morgan fingerprint density at radius 1 is 1.54 bits per heavy atom. The maximum Gasteiger partial charge on any atom is 0.253 e. The van der Waals surface area contributed by atoms with E-state index < -0.39 is 0 Å².